The molecule has 2 atom stereocenters. The van der Waals surface area contributed by atoms with Crippen LogP contribution < -0.4 is 0 Å². The Balaban J connectivity index is 1.81. The number of nitrogens with zero attached hydrogens (tertiary/aromatic N) is 2. The predicted molar refractivity (Wildman–Crippen MR) is 96.6 cm³/mol. The van der Waals surface area contributed by atoms with E-state index in [1.807, 2.05) is 30.3 Å². The lowest BCUT2D eigenvalue weighted by Gasteiger charge is -2.25. The smallest absolute Gasteiger partial charge is 0.410 e. The third-order valence-corrected chi connectivity index (χ3v) is 4.08. The summed E-state index contributed by atoms with van der Waals surface area (Å²) in [6, 6.07) is 9.43. The van der Waals surface area contributed by atoms with E-state index in [0.717, 1.165) is 5.56 Å². The van der Waals surface area contributed by atoms with Gasteiger partial charge in [0, 0.05) is 26.1 Å². The number of hydrogen-bond acceptors (Lipinski definition) is 5. The van der Waals surface area contributed by atoms with Crippen LogP contribution in [0.2, 0.25) is 0 Å². The van der Waals surface area contributed by atoms with E-state index in [1.54, 1.807) is 27.8 Å². The lowest BCUT2D eigenvalue weighted by atomic mass is 10.1. The average molecular weight is 364 g/mol. The van der Waals surface area contributed by atoms with Gasteiger partial charge in [0.15, 0.2) is 0 Å². The second kappa shape index (κ2) is 8.40. The molecule has 7 heteroatoms. The van der Waals surface area contributed by atoms with Crippen molar-refractivity contribution in [3.8, 4) is 0 Å². The molecule has 7 nitrogen and oxygen atoms in total. The predicted octanol–water partition coefficient (Wildman–Crippen LogP) is 2.48. The van der Waals surface area contributed by atoms with Gasteiger partial charge in [0.05, 0.1) is 12.6 Å². The lowest BCUT2D eigenvalue weighted by molar-refractivity contribution is 0.0269. The molecule has 0 bridgehead atoms. The Hall–Kier alpha value is -2.28. The highest BCUT2D eigenvalue weighted by molar-refractivity contribution is 5.69. The Morgan fingerprint density at radius 2 is 1.88 bits per heavy atom. The Labute approximate surface area is 154 Å². The molecule has 1 saturated heterocycles. The van der Waals surface area contributed by atoms with Crippen LogP contribution in [-0.4, -0.2) is 65.5 Å². The van der Waals surface area contributed by atoms with Gasteiger partial charge in [0.25, 0.3) is 0 Å². The van der Waals surface area contributed by atoms with E-state index in [9.17, 15) is 14.7 Å². The van der Waals surface area contributed by atoms with Crippen LogP contribution in [-0.2, 0) is 16.1 Å². The summed E-state index contributed by atoms with van der Waals surface area (Å²) in [7, 11) is 1.62. The van der Waals surface area contributed by atoms with Crippen molar-refractivity contribution in [3.05, 3.63) is 35.9 Å². The fraction of sp³-hybridized carbons (Fsp3) is 0.579. The molecule has 0 aliphatic carbocycles. The molecule has 1 fully saturated rings. The van der Waals surface area contributed by atoms with Crippen molar-refractivity contribution >= 4 is 12.2 Å². The average Bonchev–Trinajstić information content (AvgIpc) is 2.93. The standard InChI is InChI=1S/C19H28N2O5/c1-19(2,3)26-18(24)21-11-15(16(22)12-21)10-20(4)17(23)25-13-14-8-6-5-7-9-14/h5-9,15-16,22H,10-13H2,1-4H3. The maximum absolute atomic E-state index is 12.1. The van der Waals surface area contributed by atoms with E-state index in [-0.39, 0.29) is 19.1 Å². The maximum atomic E-state index is 12.1. The first-order valence-electron chi connectivity index (χ1n) is 8.73. The summed E-state index contributed by atoms with van der Waals surface area (Å²) < 4.78 is 10.6. The SMILES string of the molecule is CN(CC1CN(C(=O)OC(C)(C)C)CC1O)C(=O)OCc1ccccc1. The summed E-state index contributed by atoms with van der Waals surface area (Å²) in [4.78, 5) is 27.2. The number of carbonyl (C=O) groups excluding carboxylic acids is 2. The summed E-state index contributed by atoms with van der Waals surface area (Å²) in [5.41, 5.74) is 0.323. The van der Waals surface area contributed by atoms with E-state index in [2.05, 4.69) is 0 Å². The van der Waals surface area contributed by atoms with Crippen molar-refractivity contribution in [1.82, 2.24) is 9.80 Å². The number of ether oxygens (including phenoxy) is 2. The van der Waals surface area contributed by atoms with Gasteiger partial charge >= 0.3 is 12.2 Å². The van der Waals surface area contributed by atoms with Crippen molar-refractivity contribution in [1.29, 1.82) is 0 Å². The minimum Gasteiger partial charge on any atom is -0.445 e. The molecule has 1 aliphatic heterocycles. The first-order chi connectivity index (χ1) is 12.2. The number of carbonyl (C=O) groups is 2. The highest BCUT2D eigenvalue weighted by atomic mass is 16.6. The number of aliphatic hydroxyl groups excluding tert-OH is 1. The van der Waals surface area contributed by atoms with Crippen LogP contribution in [0.3, 0.4) is 0 Å². The zero-order chi connectivity index (χ0) is 19.3. The van der Waals surface area contributed by atoms with E-state index in [4.69, 9.17) is 9.47 Å². The molecule has 1 aromatic rings. The fourth-order valence-electron chi connectivity index (χ4n) is 2.76. The van der Waals surface area contributed by atoms with Crippen LogP contribution in [0.15, 0.2) is 30.3 Å². The number of amides is 2. The molecule has 1 N–H and O–H groups in total. The zero-order valence-electron chi connectivity index (χ0n) is 15.8. The summed E-state index contributed by atoms with van der Waals surface area (Å²) >= 11 is 0. The third kappa shape index (κ3) is 5.91. The van der Waals surface area contributed by atoms with E-state index in [0.29, 0.717) is 13.1 Å². The van der Waals surface area contributed by atoms with Crippen LogP contribution in [0.4, 0.5) is 9.59 Å². The molecule has 1 aliphatic rings. The van der Waals surface area contributed by atoms with E-state index in [1.165, 1.54) is 9.80 Å². The van der Waals surface area contributed by atoms with Crippen molar-refractivity contribution in [2.24, 2.45) is 5.92 Å². The summed E-state index contributed by atoms with van der Waals surface area (Å²) in [5, 5.41) is 10.2. The van der Waals surface area contributed by atoms with E-state index >= 15 is 0 Å². The van der Waals surface area contributed by atoms with Gasteiger partial charge in [-0.1, -0.05) is 30.3 Å². The number of benzene rings is 1. The third-order valence-electron chi connectivity index (χ3n) is 4.08. The lowest BCUT2D eigenvalue weighted by Crippen LogP contribution is -2.37. The molecule has 0 radical (unpaired) electrons. The minimum atomic E-state index is -0.702. The molecule has 2 rings (SSSR count). The quantitative estimate of drug-likeness (QED) is 0.888. The Kier molecular flexibility index (Phi) is 6.47. The van der Waals surface area contributed by atoms with Gasteiger partial charge in [-0.15, -0.1) is 0 Å². The summed E-state index contributed by atoms with van der Waals surface area (Å²) in [5.74, 6) is -0.239. The Morgan fingerprint density at radius 1 is 1.23 bits per heavy atom. The molecule has 0 aromatic heterocycles. The number of rotatable bonds is 4. The van der Waals surface area contributed by atoms with Gasteiger partial charge in [-0.05, 0) is 26.3 Å². The molecule has 0 saturated carbocycles. The Morgan fingerprint density at radius 3 is 2.50 bits per heavy atom. The van der Waals surface area contributed by atoms with Gasteiger partial charge < -0.3 is 24.4 Å². The number of hydrogen-bond donors (Lipinski definition) is 1. The summed E-state index contributed by atoms with van der Waals surface area (Å²) in [6.07, 6.45) is -1.61. The summed E-state index contributed by atoms with van der Waals surface area (Å²) in [6.45, 7) is 6.43. The number of β-amino-alcohol motifs (C(OH)–C–C–N with tert-alkyl or cyclic N) is 1. The van der Waals surface area contributed by atoms with Crippen LogP contribution in [0.5, 0.6) is 0 Å². The van der Waals surface area contributed by atoms with Crippen molar-refractivity contribution in [2.75, 3.05) is 26.7 Å². The molecular weight excluding hydrogens is 336 g/mol. The minimum absolute atomic E-state index is 0.196. The zero-order valence-corrected chi connectivity index (χ0v) is 15.8. The first kappa shape index (κ1) is 20.0. The van der Waals surface area contributed by atoms with Crippen LogP contribution in [0, 0.1) is 5.92 Å². The first-order valence-corrected chi connectivity index (χ1v) is 8.73. The van der Waals surface area contributed by atoms with Crippen LogP contribution in [0.1, 0.15) is 26.3 Å². The highest BCUT2D eigenvalue weighted by Gasteiger charge is 2.37. The highest BCUT2D eigenvalue weighted by Crippen LogP contribution is 2.21. The number of likely N-dealkylation sites (tertiary alicyclic amines) is 1. The van der Waals surface area contributed by atoms with E-state index < -0.39 is 23.9 Å². The van der Waals surface area contributed by atoms with Crippen LogP contribution >= 0.6 is 0 Å². The Bertz CT molecular complexity index is 614. The maximum Gasteiger partial charge on any atom is 0.410 e. The molecule has 1 aromatic carbocycles. The molecule has 144 valence electrons. The van der Waals surface area contributed by atoms with Gasteiger partial charge in [-0.25, -0.2) is 9.59 Å². The van der Waals surface area contributed by atoms with Crippen molar-refractivity contribution in [3.63, 3.8) is 0 Å². The molecule has 26 heavy (non-hydrogen) atoms. The largest absolute Gasteiger partial charge is 0.445 e. The molecule has 2 unspecified atom stereocenters. The normalized spacial score (nSPS) is 20.0. The molecule has 1 heterocycles. The molecular formula is C19H28N2O5. The van der Waals surface area contributed by atoms with Crippen molar-refractivity contribution in [2.45, 2.75) is 39.1 Å². The second-order valence-electron chi connectivity index (χ2n) is 7.63. The number of aliphatic hydroxyl groups is 1. The second-order valence-corrected chi connectivity index (χ2v) is 7.63. The van der Waals surface area contributed by atoms with Gasteiger partial charge in [0.2, 0.25) is 0 Å². The topological polar surface area (TPSA) is 79.3 Å². The molecule has 0 spiro atoms. The van der Waals surface area contributed by atoms with Gasteiger partial charge in [-0.2, -0.15) is 0 Å². The molecule has 2 amide bonds. The van der Waals surface area contributed by atoms with Crippen molar-refractivity contribution < 1.29 is 24.2 Å². The van der Waals surface area contributed by atoms with Crippen LogP contribution in [0.25, 0.3) is 0 Å². The fourth-order valence-corrected chi connectivity index (χ4v) is 2.76. The monoisotopic (exact) mass is 364 g/mol. The van der Waals surface area contributed by atoms with Gasteiger partial charge in [-0.3, -0.25) is 0 Å². The van der Waals surface area contributed by atoms with Gasteiger partial charge in [0.1, 0.15) is 12.2 Å².